The molecule has 1 aromatic heterocycles. The molecule has 6 heteroatoms. The van der Waals surface area contributed by atoms with Crippen LogP contribution in [0.3, 0.4) is 0 Å². The van der Waals surface area contributed by atoms with E-state index >= 15 is 0 Å². The van der Waals surface area contributed by atoms with Crippen LogP contribution in [0.15, 0.2) is 12.1 Å². The summed E-state index contributed by atoms with van der Waals surface area (Å²) < 4.78 is 0. The fraction of sp³-hybridized carbons (Fsp3) is 0.417. The fourth-order valence-corrected chi connectivity index (χ4v) is 2.43. The normalized spacial score (nSPS) is 19.0. The third-order valence-corrected chi connectivity index (χ3v) is 3.16. The van der Waals surface area contributed by atoms with Crippen LogP contribution in [0.25, 0.3) is 0 Å². The molecule has 0 spiro atoms. The molecule has 1 N–H and O–H groups in total. The van der Waals surface area contributed by atoms with E-state index in [1.165, 1.54) is 11.0 Å². The van der Waals surface area contributed by atoms with Crippen molar-refractivity contribution in [2.45, 2.75) is 25.8 Å². The van der Waals surface area contributed by atoms with Gasteiger partial charge >= 0.3 is 5.97 Å². The van der Waals surface area contributed by atoms with E-state index in [1.54, 1.807) is 13.0 Å². The SMILES string of the molecule is Cc1cc(C(=O)N2CCCC2C(=O)O)cc(Cl)n1. The summed E-state index contributed by atoms with van der Waals surface area (Å²) >= 11 is 5.80. The number of aliphatic carboxylic acids is 1. The molecule has 1 unspecified atom stereocenters. The molecule has 1 fully saturated rings. The van der Waals surface area contributed by atoms with Crippen LogP contribution in [0, 0.1) is 6.92 Å². The Hall–Kier alpha value is -1.62. The molecular formula is C12H13ClN2O3. The molecule has 18 heavy (non-hydrogen) atoms. The van der Waals surface area contributed by atoms with Crippen LogP contribution in [0.5, 0.6) is 0 Å². The number of hydrogen-bond donors (Lipinski definition) is 1. The maximum absolute atomic E-state index is 12.2. The van der Waals surface area contributed by atoms with Gasteiger partial charge in [-0.3, -0.25) is 4.79 Å². The summed E-state index contributed by atoms with van der Waals surface area (Å²) in [6.07, 6.45) is 1.21. The number of likely N-dealkylation sites (tertiary alicyclic amines) is 1. The molecule has 1 amide bonds. The monoisotopic (exact) mass is 268 g/mol. The maximum Gasteiger partial charge on any atom is 0.326 e. The van der Waals surface area contributed by atoms with Crippen molar-refractivity contribution in [3.05, 3.63) is 28.5 Å². The van der Waals surface area contributed by atoms with Crippen molar-refractivity contribution in [1.82, 2.24) is 9.88 Å². The Labute approximate surface area is 109 Å². The van der Waals surface area contributed by atoms with Crippen LogP contribution in [-0.4, -0.2) is 39.5 Å². The second kappa shape index (κ2) is 4.94. The standard InChI is InChI=1S/C12H13ClN2O3/c1-7-5-8(6-10(13)14-7)11(16)15-4-2-3-9(15)12(17)18/h5-6,9H,2-4H2,1H3,(H,17,18). The number of rotatable bonds is 2. The van der Waals surface area contributed by atoms with Crippen molar-refractivity contribution in [2.24, 2.45) is 0 Å². The lowest BCUT2D eigenvalue weighted by Crippen LogP contribution is -2.40. The van der Waals surface area contributed by atoms with Crippen LogP contribution >= 0.6 is 11.6 Å². The van der Waals surface area contributed by atoms with Crippen molar-refractivity contribution in [3.8, 4) is 0 Å². The van der Waals surface area contributed by atoms with Crippen LogP contribution in [0.4, 0.5) is 0 Å². The Morgan fingerprint density at radius 3 is 2.83 bits per heavy atom. The Morgan fingerprint density at radius 2 is 2.22 bits per heavy atom. The third kappa shape index (κ3) is 2.46. The molecule has 1 aromatic rings. The largest absolute Gasteiger partial charge is 0.480 e. The van der Waals surface area contributed by atoms with E-state index in [2.05, 4.69) is 4.98 Å². The van der Waals surface area contributed by atoms with E-state index in [0.29, 0.717) is 30.6 Å². The molecule has 96 valence electrons. The number of aromatic nitrogens is 1. The third-order valence-electron chi connectivity index (χ3n) is 2.97. The van der Waals surface area contributed by atoms with E-state index in [0.717, 1.165) is 0 Å². The smallest absolute Gasteiger partial charge is 0.326 e. The molecule has 1 saturated heterocycles. The molecule has 0 bridgehead atoms. The first kappa shape index (κ1) is 12.8. The Morgan fingerprint density at radius 1 is 1.50 bits per heavy atom. The van der Waals surface area contributed by atoms with Gasteiger partial charge in [0.2, 0.25) is 0 Å². The van der Waals surface area contributed by atoms with Gasteiger partial charge in [-0.15, -0.1) is 0 Å². The molecular weight excluding hydrogens is 256 g/mol. The predicted octanol–water partition coefficient (Wildman–Crippen LogP) is 1.73. The molecule has 1 atom stereocenters. The van der Waals surface area contributed by atoms with E-state index in [9.17, 15) is 9.59 Å². The first-order valence-corrected chi connectivity index (χ1v) is 6.05. The molecule has 0 aromatic carbocycles. The van der Waals surface area contributed by atoms with E-state index in [1.807, 2.05) is 0 Å². The van der Waals surface area contributed by atoms with Gasteiger partial charge in [-0.1, -0.05) is 11.6 Å². The lowest BCUT2D eigenvalue weighted by Gasteiger charge is -2.21. The quantitative estimate of drug-likeness (QED) is 0.830. The highest BCUT2D eigenvalue weighted by Gasteiger charge is 2.34. The van der Waals surface area contributed by atoms with Gasteiger partial charge in [0.25, 0.3) is 5.91 Å². The molecule has 2 heterocycles. The first-order chi connectivity index (χ1) is 8.49. The van der Waals surface area contributed by atoms with E-state index in [-0.39, 0.29) is 11.1 Å². The molecule has 5 nitrogen and oxygen atoms in total. The summed E-state index contributed by atoms with van der Waals surface area (Å²) in [5.41, 5.74) is 1.03. The number of nitrogens with zero attached hydrogens (tertiary/aromatic N) is 2. The minimum atomic E-state index is -0.960. The lowest BCUT2D eigenvalue weighted by atomic mass is 10.2. The Bertz CT molecular complexity index is 484. The van der Waals surface area contributed by atoms with Crippen LogP contribution in [0.1, 0.15) is 28.9 Å². The van der Waals surface area contributed by atoms with Crippen molar-refractivity contribution in [1.29, 1.82) is 0 Å². The van der Waals surface area contributed by atoms with Gasteiger partial charge in [0, 0.05) is 17.8 Å². The van der Waals surface area contributed by atoms with Crippen LogP contribution in [-0.2, 0) is 4.79 Å². The summed E-state index contributed by atoms with van der Waals surface area (Å²) in [6, 6.07) is 2.35. The minimum absolute atomic E-state index is 0.240. The zero-order chi connectivity index (χ0) is 13.3. The number of carboxylic acids is 1. The van der Waals surface area contributed by atoms with Gasteiger partial charge in [0.15, 0.2) is 0 Å². The number of hydrogen-bond acceptors (Lipinski definition) is 3. The molecule has 0 aliphatic carbocycles. The summed E-state index contributed by atoms with van der Waals surface area (Å²) in [5.74, 6) is -1.26. The molecule has 1 aliphatic heterocycles. The van der Waals surface area contributed by atoms with Crippen molar-refractivity contribution >= 4 is 23.5 Å². The average Bonchev–Trinajstić information content (AvgIpc) is 2.75. The predicted molar refractivity (Wildman–Crippen MR) is 65.7 cm³/mol. The highest BCUT2D eigenvalue weighted by Crippen LogP contribution is 2.21. The second-order valence-electron chi connectivity index (χ2n) is 4.31. The first-order valence-electron chi connectivity index (χ1n) is 5.67. The summed E-state index contributed by atoms with van der Waals surface area (Å²) in [5, 5.41) is 9.30. The molecule has 0 saturated carbocycles. The summed E-state index contributed by atoms with van der Waals surface area (Å²) in [4.78, 5) is 28.6. The van der Waals surface area contributed by atoms with Crippen molar-refractivity contribution in [3.63, 3.8) is 0 Å². The summed E-state index contributed by atoms with van der Waals surface area (Å²) in [6.45, 7) is 2.20. The fourth-order valence-electron chi connectivity index (χ4n) is 2.18. The van der Waals surface area contributed by atoms with Crippen LogP contribution < -0.4 is 0 Å². The number of pyridine rings is 1. The zero-order valence-electron chi connectivity index (χ0n) is 9.89. The highest BCUT2D eigenvalue weighted by molar-refractivity contribution is 6.29. The van der Waals surface area contributed by atoms with Crippen molar-refractivity contribution in [2.75, 3.05) is 6.54 Å². The van der Waals surface area contributed by atoms with Crippen molar-refractivity contribution < 1.29 is 14.7 Å². The highest BCUT2D eigenvalue weighted by atomic mass is 35.5. The van der Waals surface area contributed by atoms with Gasteiger partial charge in [-0.25, -0.2) is 9.78 Å². The number of carbonyl (C=O) groups excluding carboxylic acids is 1. The molecule has 1 aliphatic rings. The van der Waals surface area contributed by atoms with Gasteiger partial charge in [-0.2, -0.15) is 0 Å². The van der Waals surface area contributed by atoms with Crippen LogP contribution in [0.2, 0.25) is 5.15 Å². The number of amides is 1. The Kier molecular flexibility index (Phi) is 3.52. The number of aryl methyl sites for hydroxylation is 1. The van der Waals surface area contributed by atoms with Gasteiger partial charge < -0.3 is 10.0 Å². The zero-order valence-corrected chi connectivity index (χ0v) is 10.6. The molecule has 2 rings (SSSR count). The number of halogens is 1. The number of carboxylic acid groups (broad SMARTS) is 1. The summed E-state index contributed by atoms with van der Waals surface area (Å²) in [7, 11) is 0. The van der Waals surface area contributed by atoms with Gasteiger partial charge in [-0.05, 0) is 31.9 Å². The lowest BCUT2D eigenvalue weighted by molar-refractivity contribution is -0.141. The average molecular weight is 269 g/mol. The topological polar surface area (TPSA) is 70.5 Å². The van der Waals surface area contributed by atoms with Gasteiger partial charge in [0.05, 0.1) is 0 Å². The van der Waals surface area contributed by atoms with E-state index < -0.39 is 12.0 Å². The maximum atomic E-state index is 12.2. The van der Waals surface area contributed by atoms with E-state index in [4.69, 9.17) is 16.7 Å². The number of carbonyl (C=O) groups is 2. The minimum Gasteiger partial charge on any atom is -0.480 e. The second-order valence-corrected chi connectivity index (χ2v) is 4.70. The Balaban J connectivity index is 2.28. The molecule has 0 radical (unpaired) electrons. The van der Waals surface area contributed by atoms with Gasteiger partial charge in [0.1, 0.15) is 11.2 Å².